The van der Waals surface area contributed by atoms with Gasteiger partial charge in [-0.2, -0.15) is 0 Å². The molecule has 2 aromatic carbocycles. The van der Waals surface area contributed by atoms with E-state index in [2.05, 4.69) is 17.0 Å². The van der Waals surface area contributed by atoms with Crippen molar-refractivity contribution in [3.05, 3.63) is 65.5 Å². The third kappa shape index (κ3) is 4.06. The van der Waals surface area contributed by atoms with Crippen molar-refractivity contribution < 1.29 is 23.5 Å². The molecule has 5 rings (SSSR count). The number of carbonyl (C=O) groups excluding carboxylic acids is 3. The van der Waals surface area contributed by atoms with Crippen molar-refractivity contribution in [2.45, 2.75) is 38.8 Å². The monoisotopic (exact) mass is 450 g/mol. The van der Waals surface area contributed by atoms with Gasteiger partial charge in [-0.3, -0.25) is 14.5 Å². The lowest BCUT2D eigenvalue weighted by atomic mass is 9.99. The lowest BCUT2D eigenvalue weighted by molar-refractivity contribution is -0.122. The third-order valence-electron chi connectivity index (χ3n) is 7.30. The van der Waals surface area contributed by atoms with Crippen molar-refractivity contribution in [3.8, 4) is 0 Å². The standard InChI is InChI=1S/C26H27FN2O4/c1-16-11-24(30)29(25(16)31)23-10-8-19(27)12-20(23)26(32)33-15-21-18-7-9-22(21)28(14-18)13-17-5-3-2-4-6-17/h2-6,8,10,12,16,18,21-22H,7,9,11,13-15H2,1H3. The van der Waals surface area contributed by atoms with Crippen LogP contribution in [-0.2, 0) is 20.9 Å². The van der Waals surface area contributed by atoms with Crippen LogP contribution in [0.3, 0.4) is 0 Å². The van der Waals surface area contributed by atoms with Crippen molar-refractivity contribution in [1.82, 2.24) is 4.90 Å². The van der Waals surface area contributed by atoms with Gasteiger partial charge in [-0.1, -0.05) is 37.3 Å². The first kappa shape index (κ1) is 21.8. The van der Waals surface area contributed by atoms with Gasteiger partial charge in [-0.25, -0.2) is 14.1 Å². The number of halogens is 1. The Bertz CT molecular complexity index is 1090. The molecule has 4 unspecified atom stereocenters. The first-order chi connectivity index (χ1) is 15.9. The van der Waals surface area contributed by atoms with Crippen molar-refractivity contribution in [1.29, 1.82) is 0 Å². The number of hydrogen-bond acceptors (Lipinski definition) is 5. The van der Waals surface area contributed by atoms with Crippen LogP contribution in [0.5, 0.6) is 0 Å². The molecule has 1 saturated carbocycles. The summed E-state index contributed by atoms with van der Waals surface area (Å²) in [6, 6.07) is 14.2. The Balaban J connectivity index is 1.29. The van der Waals surface area contributed by atoms with E-state index in [4.69, 9.17) is 4.74 Å². The second kappa shape index (κ2) is 8.71. The molecule has 0 aromatic heterocycles. The van der Waals surface area contributed by atoms with Gasteiger partial charge in [-0.05, 0) is 42.5 Å². The lowest BCUT2D eigenvalue weighted by Crippen LogP contribution is -2.34. The molecule has 2 aliphatic heterocycles. The molecule has 7 heteroatoms. The van der Waals surface area contributed by atoms with Gasteiger partial charge in [0.25, 0.3) is 0 Å². The van der Waals surface area contributed by atoms with Crippen LogP contribution in [0.25, 0.3) is 0 Å². The first-order valence-corrected chi connectivity index (χ1v) is 11.5. The van der Waals surface area contributed by atoms with Gasteiger partial charge in [0, 0.05) is 37.4 Å². The van der Waals surface area contributed by atoms with E-state index in [9.17, 15) is 18.8 Å². The SMILES string of the molecule is CC1CC(=O)N(c2ccc(F)cc2C(=O)OCC2C3CCC2N(Cc2ccccc2)C3)C1=O. The zero-order valence-electron chi connectivity index (χ0n) is 18.6. The Morgan fingerprint density at radius 1 is 1.12 bits per heavy atom. The zero-order chi connectivity index (χ0) is 23.1. The molecule has 172 valence electrons. The Morgan fingerprint density at radius 3 is 2.64 bits per heavy atom. The number of carbonyl (C=O) groups is 3. The second-order valence-corrected chi connectivity index (χ2v) is 9.42. The summed E-state index contributed by atoms with van der Waals surface area (Å²) in [7, 11) is 0. The summed E-state index contributed by atoms with van der Waals surface area (Å²) in [4.78, 5) is 41.3. The lowest BCUT2D eigenvalue weighted by Gasteiger charge is -2.27. The quantitative estimate of drug-likeness (QED) is 0.495. The molecule has 33 heavy (non-hydrogen) atoms. The van der Waals surface area contributed by atoms with E-state index in [-0.39, 0.29) is 36.1 Å². The number of imide groups is 1. The minimum Gasteiger partial charge on any atom is -0.462 e. The largest absolute Gasteiger partial charge is 0.462 e. The molecule has 2 heterocycles. The number of benzene rings is 2. The molecule has 2 amide bonds. The van der Waals surface area contributed by atoms with E-state index in [0.717, 1.165) is 43.0 Å². The van der Waals surface area contributed by atoms with Crippen molar-refractivity contribution >= 4 is 23.5 Å². The highest BCUT2D eigenvalue weighted by Crippen LogP contribution is 2.43. The predicted molar refractivity (Wildman–Crippen MR) is 120 cm³/mol. The molecule has 4 atom stereocenters. The van der Waals surface area contributed by atoms with E-state index in [1.54, 1.807) is 6.92 Å². The Kier molecular flexibility index (Phi) is 5.74. The summed E-state index contributed by atoms with van der Waals surface area (Å²) in [5.41, 5.74) is 1.28. The van der Waals surface area contributed by atoms with Crippen LogP contribution in [-0.4, -0.2) is 41.9 Å². The summed E-state index contributed by atoms with van der Waals surface area (Å²) >= 11 is 0. The average molecular weight is 451 g/mol. The van der Waals surface area contributed by atoms with Crippen LogP contribution in [0, 0.1) is 23.6 Å². The Morgan fingerprint density at radius 2 is 1.91 bits per heavy atom. The molecular weight excluding hydrogens is 423 g/mol. The number of amides is 2. The fraction of sp³-hybridized carbons (Fsp3) is 0.423. The van der Waals surface area contributed by atoms with Crippen molar-refractivity contribution in [3.63, 3.8) is 0 Å². The number of rotatable bonds is 6. The molecule has 3 aliphatic rings. The molecule has 1 aliphatic carbocycles. The van der Waals surface area contributed by atoms with E-state index < -0.39 is 23.6 Å². The molecule has 2 aromatic rings. The molecule has 3 fully saturated rings. The summed E-state index contributed by atoms with van der Waals surface area (Å²) in [5.74, 6) is -1.87. The van der Waals surface area contributed by atoms with Gasteiger partial charge in [-0.15, -0.1) is 0 Å². The molecular formula is C26H27FN2O4. The summed E-state index contributed by atoms with van der Waals surface area (Å²) in [6.07, 6.45) is 2.26. The van der Waals surface area contributed by atoms with Crippen LogP contribution in [0.1, 0.15) is 42.1 Å². The van der Waals surface area contributed by atoms with Crippen molar-refractivity contribution in [2.24, 2.45) is 17.8 Å². The van der Waals surface area contributed by atoms with Crippen molar-refractivity contribution in [2.75, 3.05) is 18.1 Å². The van der Waals surface area contributed by atoms with Crippen LogP contribution < -0.4 is 4.90 Å². The summed E-state index contributed by atoms with van der Waals surface area (Å²) < 4.78 is 19.7. The normalized spacial score (nSPS) is 26.9. The first-order valence-electron chi connectivity index (χ1n) is 11.5. The van der Waals surface area contributed by atoms with Crippen LogP contribution in [0.4, 0.5) is 10.1 Å². The average Bonchev–Trinajstić information content (AvgIpc) is 3.43. The highest BCUT2D eigenvalue weighted by Gasteiger charge is 2.47. The van der Waals surface area contributed by atoms with Gasteiger partial charge in [0.15, 0.2) is 0 Å². The maximum absolute atomic E-state index is 14.0. The number of nitrogens with zero attached hydrogens (tertiary/aromatic N) is 2. The zero-order valence-corrected chi connectivity index (χ0v) is 18.6. The van der Waals surface area contributed by atoms with Crippen LogP contribution in [0.15, 0.2) is 48.5 Å². The highest BCUT2D eigenvalue weighted by molar-refractivity contribution is 6.22. The Hall–Kier alpha value is -3.06. The minimum atomic E-state index is -0.703. The molecule has 0 radical (unpaired) electrons. The number of likely N-dealkylation sites (tertiary alicyclic amines) is 1. The maximum atomic E-state index is 14.0. The number of piperidine rings is 1. The smallest absolute Gasteiger partial charge is 0.340 e. The predicted octanol–water partition coefficient (Wildman–Crippen LogP) is 3.79. The topological polar surface area (TPSA) is 66.9 Å². The molecule has 2 bridgehead atoms. The highest BCUT2D eigenvalue weighted by atomic mass is 19.1. The molecule has 2 saturated heterocycles. The van der Waals surface area contributed by atoms with E-state index in [1.165, 1.54) is 11.6 Å². The molecule has 0 spiro atoms. The van der Waals surface area contributed by atoms with Gasteiger partial charge in [0.05, 0.1) is 17.9 Å². The van der Waals surface area contributed by atoms with Gasteiger partial charge >= 0.3 is 5.97 Å². The summed E-state index contributed by atoms with van der Waals surface area (Å²) in [5, 5.41) is 0. The minimum absolute atomic E-state index is 0.0768. The fourth-order valence-electron chi connectivity index (χ4n) is 5.64. The van der Waals surface area contributed by atoms with Crippen LogP contribution >= 0.6 is 0 Å². The number of hydrogen-bond donors (Lipinski definition) is 0. The number of ether oxygens (including phenoxy) is 1. The fourth-order valence-corrected chi connectivity index (χ4v) is 5.64. The van der Waals surface area contributed by atoms with Crippen LogP contribution in [0.2, 0.25) is 0 Å². The van der Waals surface area contributed by atoms with Gasteiger partial charge in [0.2, 0.25) is 11.8 Å². The van der Waals surface area contributed by atoms with E-state index in [1.807, 2.05) is 18.2 Å². The van der Waals surface area contributed by atoms with E-state index in [0.29, 0.717) is 12.0 Å². The third-order valence-corrected chi connectivity index (χ3v) is 7.30. The Labute approximate surface area is 192 Å². The number of anilines is 1. The number of esters is 1. The van der Waals surface area contributed by atoms with Gasteiger partial charge < -0.3 is 4.74 Å². The van der Waals surface area contributed by atoms with E-state index >= 15 is 0 Å². The molecule has 6 nitrogen and oxygen atoms in total. The summed E-state index contributed by atoms with van der Waals surface area (Å²) in [6.45, 7) is 3.76. The molecule has 0 N–H and O–H groups in total. The number of fused-ring (bicyclic) bond motifs is 2. The second-order valence-electron chi connectivity index (χ2n) is 9.42. The van der Waals surface area contributed by atoms with Gasteiger partial charge in [0.1, 0.15) is 5.82 Å². The maximum Gasteiger partial charge on any atom is 0.340 e.